The Bertz CT molecular complexity index is 1220. The van der Waals surface area contributed by atoms with Gasteiger partial charge in [-0.1, -0.05) is 52.4 Å². The number of aromatic nitrogens is 4. The van der Waals surface area contributed by atoms with E-state index in [1.807, 2.05) is 73.3 Å². The molecular weight excluding hydrogens is 532 g/mol. The third kappa shape index (κ3) is 10.8. The second kappa shape index (κ2) is 17.3. The lowest BCUT2D eigenvalue weighted by Gasteiger charge is -2.20. The molecule has 0 saturated heterocycles. The van der Waals surface area contributed by atoms with Crippen molar-refractivity contribution in [3.63, 3.8) is 0 Å². The van der Waals surface area contributed by atoms with Crippen LogP contribution in [-0.4, -0.2) is 32.1 Å². The van der Waals surface area contributed by atoms with E-state index >= 15 is 0 Å². The van der Waals surface area contributed by atoms with Crippen LogP contribution in [0.4, 0.5) is 0 Å². The quantitative estimate of drug-likeness (QED) is 0.109. The molecule has 4 aromatic rings. The maximum atomic E-state index is 6.18. The van der Waals surface area contributed by atoms with Crippen LogP contribution >= 0.6 is 0 Å². The molecule has 0 spiro atoms. The molecule has 0 amide bonds. The molecule has 0 radical (unpaired) electrons. The number of hydrogen-bond donors (Lipinski definition) is 0. The van der Waals surface area contributed by atoms with E-state index in [1.54, 1.807) is 0 Å². The molecule has 43 heavy (non-hydrogen) atoms. The lowest BCUT2D eigenvalue weighted by atomic mass is 10.1. The second-order valence-corrected chi connectivity index (χ2v) is 11.6. The number of rotatable bonds is 18. The first-order chi connectivity index (χ1) is 21.0. The Morgan fingerprint density at radius 3 is 1.23 bits per heavy atom. The van der Waals surface area contributed by atoms with Crippen molar-refractivity contribution >= 4 is 0 Å². The molecule has 2 aromatic heterocycles. The molecule has 0 aliphatic carbocycles. The van der Waals surface area contributed by atoms with E-state index in [9.17, 15) is 0 Å². The Morgan fingerprint density at radius 1 is 0.512 bits per heavy atom. The molecule has 0 unspecified atom stereocenters. The van der Waals surface area contributed by atoms with Crippen LogP contribution in [0.3, 0.4) is 0 Å². The van der Waals surface area contributed by atoms with Crippen molar-refractivity contribution < 1.29 is 9.47 Å². The summed E-state index contributed by atoms with van der Waals surface area (Å²) in [6.45, 7) is 8.61. The lowest BCUT2D eigenvalue weighted by molar-refractivity contribution is 0.131. The van der Waals surface area contributed by atoms with Gasteiger partial charge in [0.1, 0.15) is 11.5 Å². The summed E-state index contributed by atoms with van der Waals surface area (Å²) in [5, 5.41) is 0. The minimum Gasteiger partial charge on any atom is -0.491 e. The summed E-state index contributed by atoms with van der Waals surface area (Å²) in [4.78, 5) is 18.3. The predicted molar refractivity (Wildman–Crippen MR) is 175 cm³/mol. The normalized spacial score (nSPS) is 12.6. The van der Waals surface area contributed by atoms with Gasteiger partial charge in [0.2, 0.25) is 0 Å². The van der Waals surface area contributed by atoms with Crippen LogP contribution in [0.2, 0.25) is 0 Å². The molecule has 0 saturated carbocycles. The van der Waals surface area contributed by atoms with Crippen molar-refractivity contribution in [3.05, 3.63) is 84.4 Å². The minimum absolute atomic E-state index is 0.00254. The number of aryl methyl sites for hydroxylation is 2. The summed E-state index contributed by atoms with van der Waals surface area (Å²) < 4.78 is 12.4. The van der Waals surface area contributed by atoms with Gasteiger partial charge >= 0.3 is 0 Å². The first-order valence-corrected chi connectivity index (χ1v) is 16.2. The van der Waals surface area contributed by atoms with Crippen molar-refractivity contribution in [1.29, 1.82) is 0 Å². The van der Waals surface area contributed by atoms with Crippen LogP contribution in [0.15, 0.2) is 73.3 Å². The fourth-order valence-electron chi connectivity index (χ4n) is 5.17. The highest BCUT2D eigenvalue weighted by atomic mass is 16.5. The number of ether oxygens (including phenoxy) is 2. The highest BCUT2D eigenvalue weighted by Crippen LogP contribution is 2.24. The molecule has 228 valence electrons. The molecular formula is C37H48N4O2. The zero-order valence-electron chi connectivity index (χ0n) is 26.5. The number of nitrogens with zero attached hydrogens (tertiary/aromatic N) is 4. The molecule has 0 aliphatic heterocycles. The summed E-state index contributed by atoms with van der Waals surface area (Å²) in [7, 11) is 0. The largest absolute Gasteiger partial charge is 0.491 e. The van der Waals surface area contributed by atoms with Crippen LogP contribution in [0.1, 0.15) is 96.6 Å². The van der Waals surface area contributed by atoms with Crippen molar-refractivity contribution in [2.24, 2.45) is 0 Å². The summed E-state index contributed by atoms with van der Waals surface area (Å²) in [6, 6.07) is 16.0. The molecule has 2 heterocycles. The zero-order chi connectivity index (χ0) is 30.3. The van der Waals surface area contributed by atoms with Gasteiger partial charge in [-0.25, -0.2) is 19.9 Å². The van der Waals surface area contributed by atoms with Crippen LogP contribution in [0, 0.1) is 0 Å². The monoisotopic (exact) mass is 580 g/mol. The standard InChI is InChI=1S/C37H48N4O2/c1-5-7-9-11-13-30-24-38-36(39-25-30)32-15-19-34(20-16-32)42-28(3)23-29(4)43-35-21-17-33(18-22-35)37-40-26-31(27-41-37)14-12-10-8-6-2/h15-22,24-29H,5-14,23H2,1-4H3/t28-,29-/m0/s1. The molecule has 0 aliphatic rings. The van der Waals surface area contributed by atoms with Gasteiger partial charge in [0.15, 0.2) is 11.6 Å². The summed E-state index contributed by atoms with van der Waals surface area (Å²) >= 11 is 0. The van der Waals surface area contributed by atoms with Gasteiger partial charge in [0.05, 0.1) is 12.2 Å². The van der Waals surface area contributed by atoms with Crippen molar-refractivity contribution in [1.82, 2.24) is 19.9 Å². The first kappa shape index (κ1) is 32.1. The Balaban J connectivity index is 1.21. The molecule has 0 N–H and O–H groups in total. The maximum absolute atomic E-state index is 6.18. The summed E-state index contributed by atoms with van der Waals surface area (Å²) in [5.74, 6) is 3.14. The fourth-order valence-corrected chi connectivity index (χ4v) is 5.17. The van der Waals surface area contributed by atoms with Crippen LogP contribution in [0.25, 0.3) is 22.8 Å². The summed E-state index contributed by atoms with van der Waals surface area (Å²) in [5.41, 5.74) is 4.38. The zero-order valence-corrected chi connectivity index (χ0v) is 26.5. The molecule has 0 bridgehead atoms. The Labute approximate surface area is 258 Å². The van der Waals surface area contributed by atoms with Crippen molar-refractivity contribution in [3.8, 4) is 34.3 Å². The van der Waals surface area contributed by atoms with E-state index in [4.69, 9.17) is 9.47 Å². The number of hydrogen-bond acceptors (Lipinski definition) is 6. The predicted octanol–water partition coefficient (Wildman–Crippen LogP) is 9.47. The van der Waals surface area contributed by atoms with Crippen LogP contribution in [-0.2, 0) is 12.8 Å². The van der Waals surface area contributed by atoms with Crippen molar-refractivity contribution in [2.75, 3.05) is 0 Å². The number of benzene rings is 2. The van der Waals surface area contributed by atoms with E-state index in [0.717, 1.165) is 53.5 Å². The minimum atomic E-state index is -0.00254. The van der Waals surface area contributed by atoms with E-state index in [2.05, 4.69) is 47.6 Å². The molecule has 4 rings (SSSR count). The molecule has 0 fully saturated rings. The maximum Gasteiger partial charge on any atom is 0.159 e. The molecule has 2 atom stereocenters. The van der Waals surface area contributed by atoms with Gasteiger partial charge in [0.25, 0.3) is 0 Å². The Hall–Kier alpha value is -3.80. The topological polar surface area (TPSA) is 70.0 Å². The van der Waals surface area contributed by atoms with E-state index in [1.165, 1.54) is 62.5 Å². The highest BCUT2D eigenvalue weighted by Gasteiger charge is 2.13. The summed E-state index contributed by atoms with van der Waals surface area (Å²) in [6.07, 6.45) is 20.7. The van der Waals surface area contributed by atoms with Gasteiger partial charge in [-0.2, -0.15) is 0 Å². The average Bonchev–Trinajstić information content (AvgIpc) is 3.03. The van der Waals surface area contributed by atoms with E-state index < -0.39 is 0 Å². The fraction of sp³-hybridized carbons (Fsp3) is 0.459. The van der Waals surface area contributed by atoms with E-state index in [-0.39, 0.29) is 12.2 Å². The molecule has 6 heteroatoms. The average molecular weight is 581 g/mol. The van der Waals surface area contributed by atoms with Gasteiger partial charge in [-0.15, -0.1) is 0 Å². The lowest BCUT2D eigenvalue weighted by Crippen LogP contribution is -2.22. The third-order valence-corrected chi connectivity index (χ3v) is 7.61. The Morgan fingerprint density at radius 2 is 0.884 bits per heavy atom. The first-order valence-electron chi connectivity index (χ1n) is 16.2. The van der Waals surface area contributed by atoms with Gasteiger partial charge < -0.3 is 9.47 Å². The second-order valence-electron chi connectivity index (χ2n) is 11.6. The highest BCUT2D eigenvalue weighted by molar-refractivity contribution is 5.56. The van der Waals surface area contributed by atoms with Gasteiger partial charge in [0, 0.05) is 42.3 Å². The van der Waals surface area contributed by atoms with Crippen LogP contribution < -0.4 is 9.47 Å². The van der Waals surface area contributed by atoms with Crippen LogP contribution in [0.5, 0.6) is 11.5 Å². The molecule has 2 aromatic carbocycles. The SMILES string of the molecule is CCCCCCc1cnc(-c2ccc(O[C@@H](C)C[C@H](C)Oc3ccc(-c4ncc(CCCCCC)cn4)cc3)cc2)nc1. The van der Waals surface area contributed by atoms with Crippen molar-refractivity contribution in [2.45, 2.75) is 111 Å². The van der Waals surface area contributed by atoms with Gasteiger partial charge in [-0.05, 0) is 99.2 Å². The number of unbranched alkanes of at least 4 members (excludes halogenated alkanes) is 6. The van der Waals surface area contributed by atoms with E-state index in [0.29, 0.717) is 0 Å². The Kier molecular flexibility index (Phi) is 13.0. The van der Waals surface area contributed by atoms with Gasteiger partial charge in [-0.3, -0.25) is 0 Å². The third-order valence-electron chi connectivity index (χ3n) is 7.61. The molecule has 6 nitrogen and oxygen atoms in total. The smallest absolute Gasteiger partial charge is 0.159 e.